The van der Waals surface area contributed by atoms with Crippen LogP contribution in [0.1, 0.15) is 0 Å². The highest BCUT2D eigenvalue weighted by molar-refractivity contribution is 14.1. The standard InChI is InChI=1S/C7H6ClIO2S.C7H8ClNO2S/c2*1-12(10,11)5-2-3-7(9)6(8)4-5/h2-4H,1H3;2-4H,9H2,1H3. The Kier molecular flexibility index (Phi) is 7.36. The summed E-state index contributed by atoms with van der Waals surface area (Å²) in [6.45, 7) is 0. The number of anilines is 1. The zero-order valence-corrected chi connectivity index (χ0v) is 17.9. The molecular formula is C14H14Cl2INO4S2. The highest BCUT2D eigenvalue weighted by Gasteiger charge is 2.09. The lowest BCUT2D eigenvalue weighted by molar-refractivity contribution is 0.600. The summed E-state index contributed by atoms with van der Waals surface area (Å²) in [6, 6.07) is 8.92. The van der Waals surface area contributed by atoms with Crippen molar-refractivity contribution in [2.75, 3.05) is 18.2 Å². The van der Waals surface area contributed by atoms with E-state index in [9.17, 15) is 16.8 Å². The SMILES string of the molecule is CS(=O)(=O)c1ccc(I)c(Cl)c1.CS(=O)(=O)c1ccc(N)c(Cl)c1. The maximum atomic E-state index is 11.0. The van der Waals surface area contributed by atoms with Gasteiger partial charge in [-0.05, 0) is 59.0 Å². The molecule has 0 radical (unpaired) electrons. The Morgan fingerprint density at radius 3 is 1.62 bits per heavy atom. The predicted octanol–water partition coefficient (Wildman–Crippen LogP) is 3.67. The van der Waals surface area contributed by atoms with Gasteiger partial charge < -0.3 is 5.73 Å². The van der Waals surface area contributed by atoms with E-state index in [1.165, 1.54) is 24.3 Å². The molecule has 0 aliphatic heterocycles. The molecule has 0 saturated heterocycles. The second kappa shape index (κ2) is 8.22. The van der Waals surface area contributed by atoms with E-state index in [4.69, 9.17) is 28.9 Å². The summed E-state index contributed by atoms with van der Waals surface area (Å²) in [5.74, 6) is 0. The van der Waals surface area contributed by atoms with Gasteiger partial charge in [0.15, 0.2) is 19.7 Å². The second-order valence-corrected chi connectivity index (χ2v) is 10.8. The van der Waals surface area contributed by atoms with Crippen molar-refractivity contribution in [3.05, 3.63) is 50.0 Å². The molecule has 5 nitrogen and oxygen atoms in total. The first-order chi connectivity index (χ1) is 10.8. The van der Waals surface area contributed by atoms with Gasteiger partial charge in [-0.2, -0.15) is 0 Å². The molecule has 0 bridgehead atoms. The fraction of sp³-hybridized carbons (Fsp3) is 0.143. The van der Waals surface area contributed by atoms with Gasteiger partial charge in [-0.3, -0.25) is 0 Å². The number of rotatable bonds is 2. The van der Waals surface area contributed by atoms with Crippen molar-refractivity contribution in [2.45, 2.75) is 9.79 Å². The van der Waals surface area contributed by atoms with E-state index in [1.807, 2.05) is 22.6 Å². The third-order valence-corrected chi connectivity index (χ3v) is 6.84. The van der Waals surface area contributed by atoms with Crippen LogP contribution in [-0.4, -0.2) is 29.3 Å². The third-order valence-electron chi connectivity index (χ3n) is 2.72. The molecule has 0 amide bonds. The summed E-state index contributed by atoms with van der Waals surface area (Å²) in [4.78, 5) is 0.439. The lowest BCUT2D eigenvalue weighted by Gasteiger charge is -2.00. The molecular weight excluding hydrogens is 508 g/mol. The molecule has 0 atom stereocenters. The Morgan fingerprint density at radius 1 is 0.833 bits per heavy atom. The Morgan fingerprint density at radius 2 is 1.25 bits per heavy atom. The van der Waals surface area contributed by atoms with Crippen molar-refractivity contribution in [1.29, 1.82) is 0 Å². The van der Waals surface area contributed by atoms with E-state index in [2.05, 4.69) is 0 Å². The molecule has 0 heterocycles. The third kappa shape index (κ3) is 6.40. The molecule has 132 valence electrons. The fourth-order valence-corrected chi connectivity index (χ4v) is 3.57. The number of nitrogen functional groups attached to an aromatic ring is 1. The molecule has 0 aliphatic carbocycles. The summed E-state index contributed by atoms with van der Waals surface area (Å²) in [6.07, 6.45) is 2.28. The van der Waals surface area contributed by atoms with E-state index in [-0.39, 0.29) is 14.8 Å². The van der Waals surface area contributed by atoms with Crippen LogP contribution in [0.4, 0.5) is 5.69 Å². The van der Waals surface area contributed by atoms with Gasteiger partial charge in [-0.25, -0.2) is 16.8 Å². The van der Waals surface area contributed by atoms with Crippen molar-refractivity contribution >= 4 is 71.2 Å². The number of benzene rings is 2. The van der Waals surface area contributed by atoms with Gasteiger partial charge >= 0.3 is 0 Å². The minimum absolute atomic E-state index is 0.182. The number of hydrogen-bond donors (Lipinski definition) is 1. The predicted molar refractivity (Wildman–Crippen MR) is 106 cm³/mol. The van der Waals surface area contributed by atoms with Crippen LogP contribution in [0.3, 0.4) is 0 Å². The van der Waals surface area contributed by atoms with Crippen LogP contribution in [0, 0.1) is 3.57 Å². The molecule has 0 spiro atoms. The zero-order valence-electron chi connectivity index (χ0n) is 12.6. The van der Waals surface area contributed by atoms with Crippen LogP contribution in [0.2, 0.25) is 10.0 Å². The van der Waals surface area contributed by atoms with Crippen LogP contribution in [0.15, 0.2) is 46.2 Å². The molecule has 0 unspecified atom stereocenters. The minimum Gasteiger partial charge on any atom is -0.398 e. The second-order valence-electron chi connectivity index (χ2n) is 4.80. The summed E-state index contributed by atoms with van der Waals surface area (Å²) < 4.78 is 44.9. The first-order valence-corrected chi connectivity index (χ1v) is 11.8. The molecule has 0 aromatic heterocycles. The van der Waals surface area contributed by atoms with Crippen LogP contribution in [0.25, 0.3) is 0 Å². The fourth-order valence-electron chi connectivity index (χ4n) is 1.45. The van der Waals surface area contributed by atoms with Crippen molar-refractivity contribution < 1.29 is 16.8 Å². The zero-order chi connectivity index (χ0) is 18.7. The average Bonchev–Trinajstić information content (AvgIpc) is 2.43. The number of nitrogens with two attached hydrogens (primary N) is 1. The monoisotopic (exact) mass is 521 g/mol. The maximum Gasteiger partial charge on any atom is 0.175 e. The maximum absolute atomic E-state index is 11.0. The first-order valence-electron chi connectivity index (χ1n) is 6.22. The van der Waals surface area contributed by atoms with E-state index in [1.54, 1.807) is 12.1 Å². The van der Waals surface area contributed by atoms with Gasteiger partial charge in [0, 0.05) is 16.1 Å². The van der Waals surface area contributed by atoms with Crippen molar-refractivity contribution in [3.63, 3.8) is 0 Å². The Labute approximate surface area is 165 Å². The van der Waals surface area contributed by atoms with Crippen LogP contribution < -0.4 is 5.73 Å². The number of hydrogen-bond acceptors (Lipinski definition) is 5. The molecule has 10 heteroatoms. The lowest BCUT2D eigenvalue weighted by atomic mass is 10.3. The summed E-state index contributed by atoms with van der Waals surface area (Å²) >= 11 is 13.4. The van der Waals surface area contributed by atoms with Crippen molar-refractivity contribution in [2.24, 2.45) is 0 Å². The minimum atomic E-state index is -3.18. The number of halogens is 3. The van der Waals surface area contributed by atoms with Crippen LogP contribution >= 0.6 is 45.8 Å². The quantitative estimate of drug-likeness (QED) is 0.480. The first kappa shape index (κ1) is 21.5. The van der Waals surface area contributed by atoms with E-state index in [0.717, 1.165) is 16.1 Å². The highest BCUT2D eigenvalue weighted by atomic mass is 127. The van der Waals surface area contributed by atoms with Gasteiger partial charge in [0.1, 0.15) is 0 Å². The molecule has 24 heavy (non-hydrogen) atoms. The average molecular weight is 522 g/mol. The Balaban J connectivity index is 0.000000240. The molecule has 2 aromatic carbocycles. The van der Waals surface area contributed by atoms with Gasteiger partial charge in [-0.1, -0.05) is 23.2 Å². The Bertz CT molecular complexity index is 881. The molecule has 0 aliphatic rings. The van der Waals surface area contributed by atoms with E-state index in [0.29, 0.717) is 10.7 Å². The largest absolute Gasteiger partial charge is 0.398 e. The Hall–Kier alpha value is -0.550. The summed E-state index contributed by atoms with van der Waals surface area (Å²) in [5.41, 5.74) is 5.78. The number of sulfone groups is 2. The molecule has 0 saturated carbocycles. The molecule has 0 fully saturated rings. The van der Waals surface area contributed by atoms with Gasteiger partial charge in [0.2, 0.25) is 0 Å². The summed E-state index contributed by atoms with van der Waals surface area (Å²) in [5, 5.41) is 0.733. The smallest absolute Gasteiger partial charge is 0.175 e. The summed E-state index contributed by atoms with van der Waals surface area (Å²) in [7, 11) is -6.31. The van der Waals surface area contributed by atoms with E-state index >= 15 is 0 Å². The highest BCUT2D eigenvalue weighted by Crippen LogP contribution is 2.22. The van der Waals surface area contributed by atoms with Gasteiger partial charge in [-0.15, -0.1) is 0 Å². The molecule has 2 aromatic rings. The topological polar surface area (TPSA) is 94.3 Å². The molecule has 2 rings (SSSR count). The van der Waals surface area contributed by atoms with Crippen LogP contribution in [-0.2, 0) is 19.7 Å². The van der Waals surface area contributed by atoms with Gasteiger partial charge in [0.05, 0.1) is 25.5 Å². The van der Waals surface area contributed by atoms with E-state index < -0.39 is 19.7 Å². The lowest BCUT2D eigenvalue weighted by Crippen LogP contribution is -1.97. The molecule has 2 N–H and O–H groups in total. The van der Waals surface area contributed by atoms with Crippen molar-refractivity contribution in [1.82, 2.24) is 0 Å². The van der Waals surface area contributed by atoms with Gasteiger partial charge in [0.25, 0.3) is 0 Å². The normalized spacial score (nSPS) is 11.5. The van der Waals surface area contributed by atoms with Crippen molar-refractivity contribution in [3.8, 4) is 0 Å². The van der Waals surface area contributed by atoms with Crippen LogP contribution in [0.5, 0.6) is 0 Å².